The molecule has 18 heavy (non-hydrogen) atoms. The van der Waals surface area contributed by atoms with Crippen molar-refractivity contribution in [2.24, 2.45) is 0 Å². The number of nitrogens with zero attached hydrogens (tertiary/aromatic N) is 4. The molecular weight excluding hydrogens is 236 g/mol. The van der Waals surface area contributed by atoms with Gasteiger partial charge in [0.2, 0.25) is 5.95 Å². The average Bonchev–Trinajstić information content (AvgIpc) is 2.95. The fourth-order valence-corrected chi connectivity index (χ4v) is 2.32. The van der Waals surface area contributed by atoms with Gasteiger partial charge in [-0.15, -0.1) is 0 Å². The lowest BCUT2D eigenvalue weighted by Gasteiger charge is -2.22. The number of fused-ring (bicyclic) bond motifs is 1. The van der Waals surface area contributed by atoms with Crippen molar-refractivity contribution < 1.29 is 9.90 Å². The summed E-state index contributed by atoms with van der Waals surface area (Å²) in [6, 6.07) is -0.564. The Bertz CT molecular complexity index is 609. The Labute approximate surface area is 102 Å². The number of hydrogen-bond acceptors (Lipinski definition) is 6. The number of nitrogen functional groups attached to an aromatic ring is 1. The third-order valence-corrected chi connectivity index (χ3v) is 3.09. The van der Waals surface area contributed by atoms with Crippen LogP contribution in [-0.4, -0.2) is 43.6 Å². The van der Waals surface area contributed by atoms with Crippen molar-refractivity contribution in [2.75, 3.05) is 17.2 Å². The van der Waals surface area contributed by atoms with E-state index < -0.39 is 12.0 Å². The van der Waals surface area contributed by atoms with Crippen molar-refractivity contribution in [3.63, 3.8) is 0 Å². The molecule has 8 heteroatoms. The summed E-state index contributed by atoms with van der Waals surface area (Å²) in [5.41, 5.74) is 6.70. The Morgan fingerprint density at radius 1 is 1.56 bits per heavy atom. The standard InChI is InChI=1S/C10H12N6O2/c11-10-14-7-6(12-4-13-7)8(15-10)16-3-1-2-5(16)9(17)18/h4-5H,1-3H2,(H,17,18)(H3,11,12,13,14,15)/t5-/m0/s1. The first-order valence-corrected chi connectivity index (χ1v) is 5.63. The van der Waals surface area contributed by atoms with Crippen molar-refractivity contribution >= 4 is 28.9 Å². The van der Waals surface area contributed by atoms with Gasteiger partial charge in [-0.3, -0.25) is 0 Å². The minimum absolute atomic E-state index is 0.0978. The molecule has 3 heterocycles. The maximum atomic E-state index is 11.2. The molecule has 4 N–H and O–H groups in total. The van der Waals surface area contributed by atoms with Gasteiger partial charge in [0.1, 0.15) is 11.6 Å². The van der Waals surface area contributed by atoms with Crippen LogP contribution in [0.5, 0.6) is 0 Å². The summed E-state index contributed by atoms with van der Waals surface area (Å²) in [5.74, 6) is -0.238. The van der Waals surface area contributed by atoms with Gasteiger partial charge in [-0.25, -0.2) is 9.78 Å². The summed E-state index contributed by atoms with van der Waals surface area (Å²) >= 11 is 0. The van der Waals surface area contributed by atoms with Crippen LogP contribution in [0.3, 0.4) is 0 Å². The number of imidazole rings is 1. The number of nitrogens with one attached hydrogen (secondary N) is 1. The highest BCUT2D eigenvalue weighted by molar-refractivity contribution is 5.88. The SMILES string of the molecule is Nc1nc(N2CCC[C@H]2C(=O)O)c2[nH]cnc2n1. The number of aromatic amines is 1. The summed E-state index contributed by atoms with van der Waals surface area (Å²) < 4.78 is 0. The third kappa shape index (κ3) is 1.53. The highest BCUT2D eigenvalue weighted by Gasteiger charge is 2.33. The predicted molar refractivity (Wildman–Crippen MR) is 64.1 cm³/mol. The minimum atomic E-state index is -0.850. The Morgan fingerprint density at radius 2 is 2.39 bits per heavy atom. The van der Waals surface area contributed by atoms with Crippen molar-refractivity contribution in [3.8, 4) is 0 Å². The molecule has 0 saturated carbocycles. The molecule has 0 amide bonds. The van der Waals surface area contributed by atoms with E-state index in [2.05, 4.69) is 19.9 Å². The topological polar surface area (TPSA) is 121 Å². The summed E-state index contributed by atoms with van der Waals surface area (Å²) in [7, 11) is 0. The van der Waals surface area contributed by atoms with Gasteiger partial charge in [0.05, 0.1) is 6.33 Å². The molecule has 8 nitrogen and oxygen atoms in total. The number of nitrogens with two attached hydrogens (primary N) is 1. The second kappa shape index (κ2) is 3.83. The molecule has 3 rings (SSSR count). The van der Waals surface area contributed by atoms with E-state index in [9.17, 15) is 9.90 Å². The Kier molecular flexibility index (Phi) is 2.29. The number of H-pyrrole nitrogens is 1. The second-order valence-electron chi connectivity index (χ2n) is 4.20. The van der Waals surface area contributed by atoms with E-state index in [0.717, 1.165) is 6.42 Å². The van der Waals surface area contributed by atoms with Gasteiger partial charge in [-0.1, -0.05) is 0 Å². The molecule has 1 aliphatic rings. The van der Waals surface area contributed by atoms with Crippen LogP contribution in [-0.2, 0) is 4.79 Å². The number of hydrogen-bond donors (Lipinski definition) is 3. The molecular formula is C10H12N6O2. The molecule has 94 valence electrons. The molecule has 1 atom stereocenters. The third-order valence-electron chi connectivity index (χ3n) is 3.09. The molecule has 2 aromatic rings. The van der Waals surface area contributed by atoms with E-state index in [4.69, 9.17) is 5.73 Å². The monoisotopic (exact) mass is 248 g/mol. The number of aromatic nitrogens is 4. The second-order valence-corrected chi connectivity index (χ2v) is 4.20. The lowest BCUT2D eigenvalue weighted by molar-refractivity contribution is -0.138. The summed E-state index contributed by atoms with van der Waals surface area (Å²) in [6.45, 7) is 0.640. The molecule has 1 aliphatic heterocycles. The molecule has 0 bridgehead atoms. The zero-order valence-electron chi connectivity index (χ0n) is 9.50. The Hall–Kier alpha value is -2.38. The van der Waals surface area contributed by atoms with Crippen molar-refractivity contribution in [2.45, 2.75) is 18.9 Å². The highest BCUT2D eigenvalue weighted by atomic mass is 16.4. The number of carboxylic acid groups (broad SMARTS) is 1. The van der Waals surface area contributed by atoms with E-state index in [1.165, 1.54) is 6.33 Å². The smallest absolute Gasteiger partial charge is 0.326 e. The Balaban J connectivity index is 2.13. The Morgan fingerprint density at radius 3 is 3.17 bits per heavy atom. The molecule has 0 radical (unpaired) electrons. The van der Waals surface area contributed by atoms with Crippen LogP contribution < -0.4 is 10.6 Å². The van der Waals surface area contributed by atoms with Crippen LogP contribution in [0.15, 0.2) is 6.33 Å². The van der Waals surface area contributed by atoms with E-state index in [1.54, 1.807) is 4.90 Å². The zero-order valence-corrected chi connectivity index (χ0v) is 9.50. The highest BCUT2D eigenvalue weighted by Crippen LogP contribution is 2.29. The van der Waals surface area contributed by atoms with Gasteiger partial charge in [0.25, 0.3) is 0 Å². The van der Waals surface area contributed by atoms with E-state index in [0.29, 0.717) is 29.9 Å². The van der Waals surface area contributed by atoms with Gasteiger partial charge in [-0.05, 0) is 12.8 Å². The van der Waals surface area contributed by atoms with Crippen LogP contribution in [0.1, 0.15) is 12.8 Å². The van der Waals surface area contributed by atoms with Gasteiger partial charge in [-0.2, -0.15) is 9.97 Å². The lowest BCUT2D eigenvalue weighted by Crippen LogP contribution is -2.36. The fourth-order valence-electron chi connectivity index (χ4n) is 2.32. The first-order chi connectivity index (χ1) is 8.66. The average molecular weight is 248 g/mol. The van der Waals surface area contributed by atoms with Gasteiger partial charge >= 0.3 is 5.97 Å². The lowest BCUT2D eigenvalue weighted by atomic mass is 10.2. The number of aliphatic carboxylic acids is 1. The minimum Gasteiger partial charge on any atom is -0.480 e. The number of carboxylic acids is 1. The maximum Gasteiger partial charge on any atom is 0.326 e. The van der Waals surface area contributed by atoms with Gasteiger partial charge < -0.3 is 20.7 Å². The van der Waals surface area contributed by atoms with Crippen molar-refractivity contribution in [1.29, 1.82) is 0 Å². The maximum absolute atomic E-state index is 11.2. The van der Waals surface area contributed by atoms with Gasteiger partial charge in [0, 0.05) is 6.54 Å². The van der Waals surface area contributed by atoms with Crippen LogP contribution in [0.4, 0.5) is 11.8 Å². The molecule has 1 fully saturated rings. The summed E-state index contributed by atoms with van der Waals surface area (Å²) in [6.07, 6.45) is 2.92. The van der Waals surface area contributed by atoms with Crippen LogP contribution in [0, 0.1) is 0 Å². The van der Waals surface area contributed by atoms with E-state index in [-0.39, 0.29) is 5.95 Å². The molecule has 0 aliphatic carbocycles. The quantitative estimate of drug-likeness (QED) is 0.683. The van der Waals surface area contributed by atoms with Crippen LogP contribution in [0.2, 0.25) is 0 Å². The fraction of sp³-hybridized carbons (Fsp3) is 0.400. The molecule has 0 unspecified atom stereocenters. The molecule has 2 aromatic heterocycles. The number of rotatable bonds is 2. The largest absolute Gasteiger partial charge is 0.480 e. The van der Waals surface area contributed by atoms with Crippen LogP contribution >= 0.6 is 0 Å². The van der Waals surface area contributed by atoms with E-state index >= 15 is 0 Å². The zero-order chi connectivity index (χ0) is 12.7. The molecule has 1 saturated heterocycles. The summed E-state index contributed by atoms with van der Waals surface area (Å²) in [5, 5.41) is 9.19. The first-order valence-electron chi connectivity index (χ1n) is 5.63. The van der Waals surface area contributed by atoms with E-state index in [1.807, 2.05) is 0 Å². The normalized spacial score (nSPS) is 19.6. The van der Waals surface area contributed by atoms with Gasteiger partial charge in [0.15, 0.2) is 11.5 Å². The number of anilines is 2. The molecule has 0 aromatic carbocycles. The van der Waals surface area contributed by atoms with Crippen molar-refractivity contribution in [3.05, 3.63) is 6.33 Å². The summed E-state index contributed by atoms with van der Waals surface area (Å²) in [4.78, 5) is 28.0. The van der Waals surface area contributed by atoms with Crippen LogP contribution in [0.25, 0.3) is 11.2 Å². The number of carbonyl (C=O) groups is 1. The molecule has 0 spiro atoms. The van der Waals surface area contributed by atoms with Crippen molar-refractivity contribution in [1.82, 2.24) is 19.9 Å². The first kappa shape index (κ1) is 10.8. The predicted octanol–water partition coefficient (Wildman–Crippen LogP) is -0.0115.